The first-order valence-corrected chi connectivity index (χ1v) is 17.2. The third-order valence-electron chi connectivity index (χ3n) is 10.1. The maximum Gasteiger partial charge on any atom is 0.0619 e. The number of fused-ring (bicyclic) bond motifs is 5. The zero-order valence-electron chi connectivity index (χ0n) is 27.4. The second-order valence-electron chi connectivity index (χ2n) is 12.9. The molecule has 0 unspecified atom stereocenters. The molecule has 0 bridgehead atoms. The lowest BCUT2D eigenvalue weighted by atomic mass is 9.90. The van der Waals surface area contributed by atoms with E-state index in [4.69, 9.17) is 0 Å². The van der Waals surface area contributed by atoms with Crippen molar-refractivity contribution in [3.05, 3.63) is 194 Å². The van der Waals surface area contributed by atoms with Crippen molar-refractivity contribution in [1.29, 1.82) is 0 Å². The molecule has 50 heavy (non-hydrogen) atoms. The Balaban J connectivity index is 1.36. The van der Waals surface area contributed by atoms with E-state index in [1.54, 1.807) is 0 Å². The summed E-state index contributed by atoms with van der Waals surface area (Å²) in [5, 5.41) is 7.42. The van der Waals surface area contributed by atoms with Gasteiger partial charge in [-0.25, -0.2) is 0 Å². The number of nitrogens with zero attached hydrogens (tertiary/aromatic N) is 2. The van der Waals surface area contributed by atoms with Gasteiger partial charge in [0.15, 0.2) is 0 Å². The predicted molar refractivity (Wildman–Crippen MR) is 211 cm³/mol. The largest absolute Gasteiger partial charge is 0.309 e. The van der Waals surface area contributed by atoms with E-state index >= 15 is 0 Å². The van der Waals surface area contributed by atoms with Crippen LogP contribution in [0, 0.1) is 0 Å². The summed E-state index contributed by atoms with van der Waals surface area (Å²) in [5.74, 6) is 0. The van der Waals surface area contributed by atoms with Gasteiger partial charge in [0, 0.05) is 27.2 Å². The molecule has 0 aliphatic rings. The summed E-state index contributed by atoms with van der Waals surface area (Å²) in [4.78, 5) is 0. The minimum Gasteiger partial charge on any atom is -0.309 e. The van der Waals surface area contributed by atoms with Crippen molar-refractivity contribution in [2.45, 2.75) is 0 Å². The molecule has 2 aromatic heterocycles. The number of benzene rings is 8. The van der Waals surface area contributed by atoms with Crippen molar-refractivity contribution >= 4 is 43.4 Å². The van der Waals surface area contributed by atoms with Gasteiger partial charge in [0.25, 0.3) is 0 Å². The van der Waals surface area contributed by atoms with Crippen LogP contribution in [-0.2, 0) is 0 Å². The Labute approximate surface area is 290 Å². The maximum absolute atomic E-state index is 2.49. The van der Waals surface area contributed by atoms with Crippen LogP contribution in [0.5, 0.6) is 0 Å². The number of hydrogen-bond donors (Lipinski definition) is 0. The predicted octanol–water partition coefficient (Wildman–Crippen LogP) is 12.9. The third kappa shape index (κ3) is 4.36. The van der Waals surface area contributed by atoms with E-state index in [0.717, 1.165) is 17.1 Å². The van der Waals surface area contributed by atoms with Gasteiger partial charge in [-0.3, -0.25) is 0 Å². The average molecular weight is 637 g/mol. The van der Waals surface area contributed by atoms with Crippen LogP contribution >= 0.6 is 0 Å². The summed E-state index contributed by atoms with van der Waals surface area (Å²) in [6, 6.07) is 70.4. The van der Waals surface area contributed by atoms with E-state index in [9.17, 15) is 0 Å². The van der Waals surface area contributed by atoms with Crippen molar-refractivity contribution in [1.82, 2.24) is 9.13 Å². The minimum absolute atomic E-state index is 1.13. The van der Waals surface area contributed by atoms with Crippen molar-refractivity contribution < 1.29 is 0 Å². The van der Waals surface area contributed by atoms with Crippen LogP contribution in [0.15, 0.2) is 194 Å². The fourth-order valence-electron chi connectivity index (χ4n) is 7.99. The Hall–Kier alpha value is -6.64. The normalized spacial score (nSPS) is 11.6. The Morgan fingerprint density at radius 3 is 1.28 bits per heavy atom. The SMILES string of the molecule is c1ccc(-c2c3ccccc3c(-n3c4ccccc4c4ccccc43)c3ccc(-n4c(-c5ccccc5)ccc4-c4ccccc4)cc23)cc1. The zero-order chi connectivity index (χ0) is 33.0. The van der Waals surface area contributed by atoms with Crippen molar-refractivity contribution in [3.8, 4) is 45.0 Å². The molecule has 0 fully saturated rings. The zero-order valence-corrected chi connectivity index (χ0v) is 27.4. The molecule has 0 amide bonds. The second-order valence-corrected chi connectivity index (χ2v) is 12.9. The lowest BCUT2D eigenvalue weighted by molar-refractivity contribution is 1.10. The fourth-order valence-corrected chi connectivity index (χ4v) is 7.99. The molecule has 0 aliphatic carbocycles. The van der Waals surface area contributed by atoms with Crippen LogP contribution < -0.4 is 0 Å². The highest BCUT2D eigenvalue weighted by atomic mass is 15.0. The highest BCUT2D eigenvalue weighted by molar-refractivity contribution is 6.21. The Bertz CT molecular complexity index is 2730. The number of para-hydroxylation sites is 2. The molecule has 2 nitrogen and oxygen atoms in total. The van der Waals surface area contributed by atoms with Gasteiger partial charge in [-0.1, -0.05) is 158 Å². The van der Waals surface area contributed by atoms with Crippen LogP contribution in [0.1, 0.15) is 0 Å². The summed E-state index contributed by atoms with van der Waals surface area (Å²) in [7, 11) is 0. The molecule has 2 heteroatoms. The molecule has 0 spiro atoms. The van der Waals surface area contributed by atoms with Gasteiger partial charge in [-0.15, -0.1) is 0 Å². The summed E-state index contributed by atoms with van der Waals surface area (Å²) < 4.78 is 4.92. The first-order valence-electron chi connectivity index (χ1n) is 17.2. The molecule has 0 radical (unpaired) electrons. The highest BCUT2D eigenvalue weighted by Crippen LogP contribution is 2.45. The van der Waals surface area contributed by atoms with Crippen LogP contribution in [0.3, 0.4) is 0 Å². The van der Waals surface area contributed by atoms with Gasteiger partial charge >= 0.3 is 0 Å². The van der Waals surface area contributed by atoms with E-state index in [1.807, 2.05) is 0 Å². The topological polar surface area (TPSA) is 9.86 Å². The molecule has 2 heterocycles. The monoisotopic (exact) mass is 636 g/mol. The first kappa shape index (κ1) is 28.4. The Kier molecular flexibility index (Phi) is 6.53. The average Bonchev–Trinajstić information content (AvgIpc) is 3.78. The number of rotatable bonds is 5. The highest BCUT2D eigenvalue weighted by Gasteiger charge is 2.22. The third-order valence-corrected chi connectivity index (χ3v) is 10.1. The van der Waals surface area contributed by atoms with E-state index < -0.39 is 0 Å². The minimum atomic E-state index is 1.13. The Morgan fingerprint density at radius 2 is 0.720 bits per heavy atom. The van der Waals surface area contributed by atoms with Crippen LogP contribution in [-0.4, -0.2) is 9.13 Å². The van der Waals surface area contributed by atoms with Crippen LogP contribution in [0.25, 0.3) is 88.4 Å². The number of aromatic nitrogens is 2. The molecular weight excluding hydrogens is 605 g/mol. The Morgan fingerprint density at radius 1 is 0.280 bits per heavy atom. The lowest BCUT2D eigenvalue weighted by Crippen LogP contribution is -2.02. The molecule has 0 atom stereocenters. The quantitative estimate of drug-likeness (QED) is 0.166. The molecule has 0 saturated carbocycles. The summed E-state index contributed by atoms with van der Waals surface area (Å²) in [6.07, 6.45) is 0. The van der Waals surface area contributed by atoms with Gasteiger partial charge in [-0.05, 0) is 69.4 Å². The second kappa shape index (κ2) is 11.5. The molecule has 0 aliphatic heterocycles. The lowest BCUT2D eigenvalue weighted by Gasteiger charge is -2.21. The fraction of sp³-hybridized carbons (Fsp3) is 0. The van der Waals surface area contributed by atoms with Gasteiger partial charge in [0.05, 0.1) is 28.1 Å². The van der Waals surface area contributed by atoms with E-state index in [0.29, 0.717) is 0 Å². The molecule has 0 saturated heterocycles. The summed E-state index contributed by atoms with van der Waals surface area (Å²) in [6.45, 7) is 0. The van der Waals surface area contributed by atoms with Crippen LogP contribution in [0.2, 0.25) is 0 Å². The summed E-state index contributed by atoms with van der Waals surface area (Å²) >= 11 is 0. The van der Waals surface area contributed by atoms with Crippen molar-refractivity contribution in [2.24, 2.45) is 0 Å². The van der Waals surface area contributed by atoms with E-state index in [1.165, 1.54) is 71.3 Å². The van der Waals surface area contributed by atoms with Gasteiger partial charge in [-0.2, -0.15) is 0 Å². The van der Waals surface area contributed by atoms with Gasteiger partial charge in [0.2, 0.25) is 0 Å². The standard InChI is InChI=1S/C48H32N2/c1-4-16-33(17-5-1)43-30-31-44(34-18-6-2-7-19-34)49(43)36-28-29-41-42(32-36)47(35-20-8-3-9-21-35)39-24-10-11-25-40(39)48(41)50-45-26-14-12-22-37(45)38-23-13-15-27-46(38)50/h1-32H. The van der Waals surface area contributed by atoms with Crippen molar-refractivity contribution in [2.75, 3.05) is 0 Å². The van der Waals surface area contributed by atoms with Crippen molar-refractivity contribution in [3.63, 3.8) is 0 Å². The van der Waals surface area contributed by atoms with Gasteiger partial charge in [0.1, 0.15) is 0 Å². The first-order chi connectivity index (χ1) is 24.8. The molecule has 8 aromatic carbocycles. The van der Waals surface area contributed by atoms with Crippen LogP contribution in [0.4, 0.5) is 0 Å². The molecule has 234 valence electrons. The van der Waals surface area contributed by atoms with E-state index in [-0.39, 0.29) is 0 Å². The smallest absolute Gasteiger partial charge is 0.0619 e. The van der Waals surface area contributed by atoms with Gasteiger partial charge < -0.3 is 9.13 Å². The summed E-state index contributed by atoms with van der Waals surface area (Å²) in [5.41, 5.74) is 11.9. The maximum atomic E-state index is 2.49. The molecule has 10 aromatic rings. The van der Waals surface area contributed by atoms with E-state index in [2.05, 4.69) is 203 Å². The molecule has 0 N–H and O–H groups in total. The molecule has 10 rings (SSSR count). The molecular formula is C48H32N2. The number of hydrogen-bond acceptors (Lipinski definition) is 0.